The van der Waals surface area contributed by atoms with Crippen LogP contribution in [0.5, 0.6) is 0 Å². The van der Waals surface area contributed by atoms with E-state index in [0.29, 0.717) is 12.7 Å². The van der Waals surface area contributed by atoms with Gasteiger partial charge in [-0.1, -0.05) is 12.1 Å². The van der Waals surface area contributed by atoms with Crippen molar-refractivity contribution in [2.75, 3.05) is 26.3 Å². The molecule has 0 unspecified atom stereocenters. The second-order valence-electron chi connectivity index (χ2n) is 7.22. The number of likely N-dealkylation sites (tertiary alicyclic amines) is 1. The molecule has 25 heavy (non-hydrogen) atoms. The van der Waals surface area contributed by atoms with Crippen LogP contribution in [0, 0.1) is 5.41 Å². The maximum absolute atomic E-state index is 6.15. The Labute approximate surface area is 153 Å². The Kier molecular flexibility index (Phi) is 5.46. The molecule has 2 aliphatic rings. The minimum atomic E-state index is 0.128. The fraction of sp³-hybridized carbons (Fsp3) is 0.550. The Morgan fingerprint density at radius 1 is 1.32 bits per heavy atom. The summed E-state index contributed by atoms with van der Waals surface area (Å²) in [5.74, 6) is 0. The van der Waals surface area contributed by atoms with Gasteiger partial charge in [0.05, 0.1) is 25.0 Å². The quantitative estimate of drug-likeness (QED) is 0.788. The Bertz CT molecular complexity index is 649. The molecule has 2 aliphatic heterocycles. The van der Waals surface area contributed by atoms with E-state index in [2.05, 4.69) is 27.4 Å². The molecule has 0 N–H and O–H groups in total. The van der Waals surface area contributed by atoms with Crippen molar-refractivity contribution in [3.63, 3.8) is 0 Å². The first-order valence-corrected chi connectivity index (χ1v) is 10.1. The number of piperidine rings is 1. The van der Waals surface area contributed by atoms with Crippen LogP contribution >= 0.6 is 11.3 Å². The molecule has 2 aromatic heterocycles. The minimum Gasteiger partial charge on any atom is -0.377 e. The molecule has 2 saturated heterocycles. The number of pyridine rings is 1. The average Bonchev–Trinajstić information content (AvgIpc) is 3.15. The third kappa shape index (κ3) is 4.11. The Morgan fingerprint density at radius 3 is 3.16 bits per heavy atom. The van der Waals surface area contributed by atoms with Gasteiger partial charge in [-0.05, 0) is 42.8 Å². The van der Waals surface area contributed by atoms with Gasteiger partial charge in [-0.25, -0.2) is 0 Å². The largest absolute Gasteiger partial charge is 0.377 e. The van der Waals surface area contributed by atoms with E-state index in [0.717, 1.165) is 51.4 Å². The number of aromatic nitrogens is 1. The van der Waals surface area contributed by atoms with Gasteiger partial charge in [0.2, 0.25) is 0 Å². The van der Waals surface area contributed by atoms with Crippen LogP contribution in [0.3, 0.4) is 0 Å². The summed E-state index contributed by atoms with van der Waals surface area (Å²) in [6.07, 6.45) is 5.60. The van der Waals surface area contributed by atoms with Gasteiger partial charge in [-0.15, -0.1) is 11.3 Å². The minimum absolute atomic E-state index is 0.128. The fourth-order valence-electron chi connectivity index (χ4n) is 4.19. The normalized spacial score (nSPS) is 27.1. The first-order valence-electron chi connectivity index (χ1n) is 9.18. The molecule has 0 radical (unpaired) electrons. The predicted molar refractivity (Wildman–Crippen MR) is 99.5 cm³/mol. The molecule has 134 valence electrons. The van der Waals surface area contributed by atoms with Crippen LogP contribution in [0.15, 0.2) is 41.9 Å². The average molecular weight is 359 g/mol. The number of thiophene rings is 1. The Hall–Kier alpha value is -1.27. The van der Waals surface area contributed by atoms with Gasteiger partial charge in [0.15, 0.2) is 0 Å². The number of fused-ring (bicyclic) bond motifs is 1. The Balaban J connectivity index is 1.40. The first-order chi connectivity index (χ1) is 12.3. The summed E-state index contributed by atoms with van der Waals surface area (Å²) in [5.41, 5.74) is 1.13. The smallest absolute Gasteiger partial charge is 0.0888 e. The lowest BCUT2D eigenvalue weighted by molar-refractivity contribution is -0.155. The topological polar surface area (TPSA) is 34.6 Å². The van der Waals surface area contributed by atoms with Crippen molar-refractivity contribution in [3.05, 3.63) is 52.5 Å². The summed E-state index contributed by atoms with van der Waals surface area (Å²) in [6, 6.07) is 10.4. The van der Waals surface area contributed by atoms with Crippen LogP contribution in [-0.4, -0.2) is 42.3 Å². The number of hydrogen-bond acceptors (Lipinski definition) is 5. The summed E-state index contributed by atoms with van der Waals surface area (Å²) >= 11 is 1.85. The third-order valence-electron chi connectivity index (χ3n) is 5.39. The molecule has 2 fully saturated rings. The molecule has 4 nitrogen and oxygen atoms in total. The highest BCUT2D eigenvalue weighted by atomic mass is 32.1. The van der Waals surface area contributed by atoms with E-state index in [9.17, 15) is 0 Å². The summed E-state index contributed by atoms with van der Waals surface area (Å²) in [7, 11) is 0. The van der Waals surface area contributed by atoms with Gasteiger partial charge < -0.3 is 9.47 Å². The van der Waals surface area contributed by atoms with Crippen LogP contribution in [-0.2, 0) is 22.6 Å². The summed E-state index contributed by atoms with van der Waals surface area (Å²) in [6.45, 7) is 5.47. The second-order valence-corrected chi connectivity index (χ2v) is 8.25. The lowest BCUT2D eigenvalue weighted by Crippen LogP contribution is -2.56. The van der Waals surface area contributed by atoms with Crippen LogP contribution in [0.4, 0.5) is 0 Å². The van der Waals surface area contributed by atoms with Gasteiger partial charge in [0.25, 0.3) is 0 Å². The first kappa shape index (κ1) is 17.2. The highest BCUT2D eigenvalue weighted by molar-refractivity contribution is 7.09. The van der Waals surface area contributed by atoms with E-state index in [-0.39, 0.29) is 5.41 Å². The van der Waals surface area contributed by atoms with E-state index in [1.165, 1.54) is 11.3 Å². The standard InChI is InChI=1S/C20H26N2O2S/c1-2-9-21-17(5-1)14-23-16-20-8-4-11-24-19(20)7-10-22(15-20)13-18-6-3-12-25-18/h1-3,5-6,9,12,19H,4,7-8,10-11,13-16H2/t19-,20+/m1/s1. The number of hydrogen-bond donors (Lipinski definition) is 0. The van der Waals surface area contributed by atoms with Crippen molar-refractivity contribution in [1.29, 1.82) is 0 Å². The van der Waals surface area contributed by atoms with Crippen LogP contribution in [0.1, 0.15) is 29.8 Å². The van der Waals surface area contributed by atoms with Crippen LogP contribution in [0.2, 0.25) is 0 Å². The van der Waals surface area contributed by atoms with Gasteiger partial charge >= 0.3 is 0 Å². The summed E-state index contributed by atoms with van der Waals surface area (Å²) in [5, 5.41) is 2.16. The molecule has 0 saturated carbocycles. The molecule has 2 atom stereocenters. The van der Waals surface area contributed by atoms with Crippen molar-refractivity contribution in [2.24, 2.45) is 5.41 Å². The monoisotopic (exact) mass is 358 g/mol. The van der Waals surface area contributed by atoms with Crippen molar-refractivity contribution in [3.8, 4) is 0 Å². The zero-order valence-corrected chi connectivity index (χ0v) is 15.4. The van der Waals surface area contributed by atoms with Gasteiger partial charge in [-0.3, -0.25) is 9.88 Å². The van der Waals surface area contributed by atoms with E-state index in [1.54, 1.807) is 0 Å². The van der Waals surface area contributed by atoms with Crippen molar-refractivity contribution >= 4 is 11.3 Å². The third-order valence-corrected chi connectivity index (χ3v) is 6.25. The number of nitrogens with zero attached hydrogens (tertiary/aromatic N) is 2. The molecule has 0 aromatic carbocycles. The lowest BCUT2D eigenvalue weighted by Gasteiger charge is -2.50. The molecular formula is C20H26N2O2S. The predicted octanol–water partition coefficient (Wildman–Crippen LogP) is 3.73. The van der Waals surface area contributed by atoms with E-state index >= 15 is 0 Å². The number of ether oxygens (including phenoxy) is 2. The van der Waals surface area contributed by atoms with Crippen molar-refractivity contribution in [1.82, 2.24) is 9.88 Å². The number of rotatable bonds is 6. The molecule has 5 heteroatoms. The maximum Gasteiger partial charge on any atom is 0.0888 e. The molecule has 0 spiro atoms. The molecule has 0 bridgehead atoms. The lowest BCUT2D eigenvalue weighted by atomic mass is 9.73. The maximum atomic E-state index is 6.15. The van der Waals surface area contributed by atoms with E-state index < -0.39 is 0 Å². The van der Waals surface area contributed by atoms with Gasteiger partial charge in [0, 0.05) is 42.7 Å². The highest BCUT2D eigenvalue weighted by Crippen LogP contribution is 2.41. The van der Waals surface area contributed by atoms with Crippen LogP contribution < -0.4 is 0 Å². The van der Waals surface area contributed by atoms with Gasteiger partial charge in [0.1, 0.15) is 0 Å². The molecule has 4 rings (SSSR count). The molecule has 0 aliphatic carbocycles. The van der Waals surface area contributed by atoms with Crippen molar-refractivity contribution < 1.29 is 9.47 Å². The van der Waals surface area contributed by atoms with Crippen LogP contribution in [0.25, 0.3) is 0 Å². The zero-order valence-electron chi connectivity index (χ0n) is 14.6. The fourth-order valence-corrected chi connectivity index (χ4v) is 4.94. The van der Waals surface area contributed by atoms with E-state index in [4.69, 9.17) is 9.47 Å². The van der Waals surface area contributed by atoms with Gasteiger partial charge in [-0.2, -0.15) is 0 Å². The highest BCUT2D eigenvalue weighted by Gasteiger charge is 2.46. The molecule has 4 heterocycles. The molecular weight excluding hydrogens is 332 g/mol. The van der Waals surface area contributed by atoms with Crippen molar-refractivity contribution in [2.45, 2.75) is 38.5 Å². The Morgan fingerprint density at radius 2 is 2.32 bits per heavy atom. The van der Waals surface area contributed by atoms with E-state index in [1.807, 2.05) is 35.7 Å². The summed E-state index contributed by atoms with van der Waals surface area (Å²) in [4.78, 5) is 8.39. The SMILES string of the molecule is c1ccc(COC[C@@]23CCCO[C@@H]2CCN(Cc2cccs2)C3)nc1. The second kappa shape index (κ2) is 7.96. The molecule has 0 amide bonds. The molecule has 2 aromatic rings. The zero-order chi connectivity index (χ0) is 17.0. The summed E-state index contributed by atoms with van der Waals surface area (Å²) < 4.78 is 12.3.